The Morgan fingerprint density at radius 1 is 0.853 bits per heavy atom. The van der Waals surface area contributed by atoms with Gasteiger partial charge < -0.3 is 9.52 Å². The molecule has 0 saturated heterocycles. The van der Waals surface area contributed by atoms with Gasteiger partial charge in [-0.15, -0.1) is 0 Å². The molecule has 168 valence electrons. The molecule has 4 aromatic carbocycles. The highest BCUT2D eigenvalue weighted by Crippen LogP contribution is 2.34. The highest BCUT2D eigenvalue weighted by molar-refractivity contribution is 6.32. The first kappa shape index (κ1) is 22.2. The minimum atomic E-state index is -0.458. The third-order valence-corrected chi connectivity index (χ3v) is 6.73. The maximum absolute atomic E-state index is 13.5. The number of carbonyl (C=O) groups excluding carboxylic acids is 1. The molecule has 0 unspecified atom stereocenters. The Labute approximate surface area is 205 Å². The monoisotopic (exact) mass is 488 g/mol. The number of ketones is 1. The van der Waals surface area contributed by atoms with E-state index >= 15 is 0 Å². The van der Waals surface area contributed by atoms with Gasteiger partial charge in [-0.3, -0.25) is 9.59 Å². The third-order valence-electron chi connectivity index (χ3n) is 5.92. The van der Waals surface area contributed by atoms with Gasteiger partial charge in [-0.1, -0.05) is 53.5 Å². The molecule has 0 aliphatic rings. The number of fused-ring (bicyclic) bond motifs is 2. The van der Waals surface area contributed by atoms with Crippen molar-refractivity contribution in [3.05, 3.63) is 109 Å². The van der Waals surface area contributed by atoms with Crippen LogP contribution < -0.4 is 5.43 Å². The van der Waals surface area contributed by atoms with Crippen molar-refractivity contribution in [1.29, 1.82) is 0 Å². The van der Waals surface area contributed by atoms with Crippen molar-refractivity contribution < 1.29 is 14.3 Å². The molecule has 0 fully saturated rings. The number of aromatic hydroxyl groups is 1. The Balaban J connectivity index is 1.86. The summed E-state index contributed by atoms with van der Waals surface area (Å²) in [6.45, 7) is 3.58. The van der Waals surface area contributed by atoms with Crippen LogP contribution in [-0.4, -0.2) is 10.9 Å². The summed E-state index contributed by atoms with van der Waals surface area (Å²) >= 11 is 12.5. The molecular weight excluding hydrogens is 471 g/mol. The molecule has 4 nitrogen and oxygen atoms in total. The van der Waals surface area contributed by atoms with Crippen LogP contribution in [0.15, 0.2) is 75.9 Å². The van der Waals surface area contributed by atoms with E-state index in [0.29, 0.717) is 37.7 Å². The summed E-state index contributed by atoms with van der Waals surface area (Å²) < 4.78 is 6.21. The number of rotatable bonds is 3. The van der Waals surface area contributed by atoms with E-state index in [0.717, 1.165) is 11.1 Å². The maximum atomic E-state index is 13.5. The zero-order valence-electron chi connectivity index (χ0n) is 18.3. The van der Waals surface area contributed by atoms with Gasteiger partial charge in [0.15, 0.2) is 5.78 Å². The summed E-state index contributed by atoms with van der Waals surface area (Å²) in [5.74, 6) is -0.638. The number of benzene rings is 4. The lowest BCUT2D eigenvalue weighted by atomic mass is 9.94. The molecule has 0 amide bonds. The fourth-order valence-corrected chi connectivity index (χ4v) is 4.37. The van der Waals surface area contributed by atoms with Crippen LogP contribution in [0.3, 0.4) is 0 Å². The van der Waals surface area contributed by atoms with Crippen LogP contribution in [0.4, 0.5) is 0 Å². The summed E-state index contributed by atoms with van der Waals surface area (Å²) in [5, 5.41) is 11.8. The Morgan fingerprint density at radius 3 is 2.26 bits per heavy atom. The van der Waals surface area contributed by atoms with Gasteiger partial charge >= 0.3 is 0 Å². The molecule has 0 radical (unpaired) electrons. The van der Waals surface area contributed by atoms with Gasteiger partial charge in [-0.05, 0) is 66.9 Å². The topological polar surface area (TPSA) is 67.5 Å². The molecule has 0 spiro atoms. The summed E-state index contributed by atoms with van der Waals surface area (Å²) in [6.07, 6.45) is 0. The van der Waals surface area contributed by atoms with E-state index in [9.17, 15) is 14.7 Å². The van der Waals surface area contributed by atoms with Crippen molar-refractivity contribution in [1.82, 2.24) is 0 Å². The predicted octanol–water partition coefficient (Wildman–Crippen LogP) is 7.47. The standard InChI is InChI=1S/C28H18Cl2O4/c1-14-8-24(31)19(12-22(14)29)26(32)17-10-18(16-6-4-3-5-7-16)28-21(11-17)27(33)20-13-23(30)15(2)9-25(20)34-28/h3-13,31H,1-2H3. The lowest BCUT2D eigenvalue weighted by Crippen LogP contribution is -2.08. The Hall–Kier alpha value is -3.60. The first-order valence-corrected chi connectivity index (χ1v) is 11.3. The molecular formula is C28H18Cl2O4. The van der Waals surface area contributed by atoms with E-state index in [2.05, 4.69) is 0 Å². The summed E-state index contributed by atoms with van der Waals surface area (Å²) in [4.78, 5) is 27.0. The number of halogens is 2. The SMILES string of the molecule is Cc1cc(O)c(C(=O)c2cc(-c3ccccc3)c3oc4cc(C)c(Cl)cc4c(=O)c3c2)cc1Cl. The van der Waals surface area contributed by atoms with Gasteiger partial charge in [0.25, 0.3) is 0 Å². The predicted molar refractivity (Wildman–Crippen MR) is 136 cm³/mol. The van der Waals surface area contributed by atoms with Crippen LogP contribution in [0, 0.1) is 13.8 Å². The van der Waals surface area contributed by atoms with E-state index in [1.54, 1.807) is 25.1 Å². The van der Waals surface area contributed by atoms with Crippen LogP contribution >= 0.6 is 23.2 Å². The van der Waals surface area contributed by atoms with Crippen molar-refractivity contribution >= 4 is 50.9 Å². The Kier molecular flexibility index (Phi) is 5.43. The minimum Gasteiger partial charge on any atom is -0.507 e. The molecule has 6 heteroatoms. The van der Waals surface area contributed by atoms with Crippen molar-refractivity contribution in [2.24, 2.45) is 0 Å². The maximum Gasteiger partial charge on any atom is 0.200 e. The first-order chi connectivity index (χ1) is 16.2. The number of hydrogen-bond donors (Lipinski definition) is 1. The van der Waals surface area contributed by atoms with Crippen molar-refractivity contribution in [3.63, 3.8) is 0 Å². The molecule has 0 bridgehead atoms. The smallest absolute Gasteiger partial charge is 0.200 e. The van der Waals surface area contributed by atoms with Crippen molar-refractivity contribution in [2.75, 3.05) is 0 Å². The Bertz CT molecular complexity index is 1690. The second-order valence-corrected chi connectivity index (χ2v) is 9.06. The van der Waals surface area contributed by atoms with Crippen LogP contribution in [0.25, 0.3) is 33.1 Å². The summed E-state index contributed by atoms with van der Waals surface area (Å²) in [5.41, 5.74) is 3.58. The average Bonchev–Trinajstić information content (AvgIpc) is 2.82. The number of phenolic OH excluding ortho intramolecular Hbond substituents is 1. The molecule has 5 rings (SSSR count). The summed E-state index contributed by atoms with van der Waals surface area (Å²) in [7, 11) is 0. The van der Waals surface area contributed by atoms with Gasteiger partial charge in [-0.2, -0.15) is 0 Å². The molecule has 1 N–H and O–H groups in total. The zero-order valence-corrected chi connectivity index (χ0v) is 19.8. The Morgan fingerprint density at radius 2 is 1.53 bits per heavy atom. The lowest BCUT2D eigenvalue weighted by Gasteiger charge is -2.12. The molecule has 0 atom stereocenters. The largest absolute Gasteiger partial charge is 0.507 e. The quantitative estimate of drug-likeness (QED) is 0.211. The van der Waals surface area contributed by atoms with E-state index in [4.69, 9.17) is 27.6 Å². The average molecular weight is 489 g/mol. The van der Waals surface area contributed by atoms with Crippen LogP contribution in [0.5, 0.6) is 5.75 Å². The molecule has 1 heterocycles. The van der Waals surface area contributed by atoms with Gasteiger partial charge in [0.2, 0.25) is 5.43 Å². The molecule has 0 aliphatic carbocycles. The van der Waals surface area contributed by atoms with Gasteiger partial charge in [0.05, 0.1) is 16.3 Å². The van der Waals surface area contributed by atoms with Crippen LogP contribution in [0.2, 0.25) is 10.0 Å². The van der Waals surface area contributed by atoms with Gasteiger partial charge in [-0.25, -0.2) is 0 Å². The third kappa shape index (κ3) is 3.65. The van der Waals surface area contributed by atoms with Crippen LogP contribution in [0.1, 0.15) is 27.0 Å². The van der Waals surface area contributed by atoms with Crippen LogP contribution in [-0.2, 0) is 0 Å². The fraction of sp³-hybridized carbons (Fsp3) is 0.0714. The number of carbonyl (C=O) groups is 1. The van der Waals surface area contributed by atoms with Gasteiger partial charge in [0, 0.05) is 21.2 Å². The van der Waals surface area contributed by atoms with Crippen molar-refractivity contribution in [2.45, 2.75) is 13.8 Å². The van der Waals surface area contributed by atoms with E-state index in [1.165, 1.54) is 18.2 Å². The zero-order chi connectivity index (χ0) is 24.1. The van der Waals surface area contributed by atoms with E-state index < -0.39 is 5.78 Å². The highest BCUT2D eigenvalue weighted by atomic mass is 35.5. The number of hydrogen-bond acceptors (Lipinski definition) is 4. The van der Waals surface area contributed by atoms with Gasteiger partial charge in [0.1, 0.15) is 16.9 Å². The molecule has 1 aromatic heterocycles. The number of phenols is 1. The van der Waals surface area contributed by atoms with Crippen molar-refractivity contribution in [3.8, 4) is 16.9 Å². The van der Waals surface area contributed by atoms with E-state index in [-0.39, 0.29) is 27.7 Å². The molecule has 5 aromatic rings. The number of aryl methyl sites for hydroxylation is 2. The normalized spacial score (nSPS) is 11.3. The van der Waals surface area contributed by atoms with E-state index in [1.807, 2.05) is 37.3 Å². The lowest BCUT2D eigenvalue weighted by molar-refractivity contribution is 0.103. The second kappa shape index (κ2) is 8.32. The second-order valence-electron chi connectivity index (χ2n) is 8.24. The molecule has 0 aliphatic heterocycles. The first-order valence-electron chi connectivity index (χ1n) is 10.5. The molecule has 0 saturated carbocycles. The molecule has 34 heavy (non-hydrogen) atoms. The minimum absolute atomic E-state index is 0.0535. The highest BCUT2D eigenvalue weighted by Gasteiger charge is 2.21. The summed E-state index contributed by atoms with van der Waals surface area (Å²) in [6, 6.07) is 18.7. The fourth-order valence-electron chi connectivity index (χ4n) is 4.05.